The van der Waals surface area contributed by atoms with Gasteiger partial charge in [0.25, 0.3) is 5.88 Å². The van der Waals surface area contributed by atoms with E-state index in [-0.39, 0.29) is 66.2 Å². The van der Waals surface area contributed by atoms with Gasteiger partial charge in [-0.05, 0) is 49.1 Å². The number of aldehydes is 1. The van der Waals surface area contributed by atoms with Crippen LogP contribution in [0.15, 0.2) is 70.8 Å². The number of carbonyl (C=O) groups excluding carboxylic acids is 3. The third kappa shape index (κ3) is 4.66. The number of hydrogen-bond donors (Lipinski definition) is 2. The standard InChI is InChI=1S/C36H30F2N2O8/c1-40(2)29-23-14-20-13-21-25(31(22(15-41)28(38)27(21)37)46-16-18-9-5-3-6-10-18)30(42)24(20)33(43)36(23,45)34(44)26-32(29)48-39-35(26)47-17-19-11-7-4-8-12-19/h3-12,15,20,23,29,42,45H,13-14,16-17H2,1-2H3/t20-,23-,29-,36-/m0/s1. The smallest absolute Gasteiger partial charge is 0.265 e. The fourth-order valence-corrected chi connectivity index (χ4v) is 7.30. The lowest BCUT2D eigenvalue weighted by atomic mass is 9.57. The predicted octanol–water partition coefficient (Wildman–Crippen LogP) is 5.18. The Balaban J connectivity index is 1.34. The van der Waals surface area contributed by atoms with Crippen LogP contribution in [0.25, 0.3) is 5.76 Å². The molecule has 0 amide bonds. The van der Waals surface area contributed by atoms with Crippen LogP contribution in [0.3, 0.4) is 0 Å². The molecule has 1 fully saturated rings. The third-order valence-electron chi connectivity index (χ3n) is 9.51. The van der Waals surface area contributed by atoms with Crippen LogP contribution in [0.5, 0.6) is 11.6 Å². The molecule has 2 N–H and O–H groups in total. The molecule has 4 aromatic rings. The predicted molar refractivity (Wildman–Crippen MR) is 165 cm³/mol. The molecule has 3 aromatic carbocycles. The molecule has 12 heteroatoms. The van der Waals surface area contributed by atoms with E-state index >= 15 is 8.78 Å². The zero-order valence-electron chi connectivity index (χ0n) is 25.9. The second-order valence-electron chi connectivity index (χ2n) is 12.5. The van der Waals surface area contributed by atoms with Crippen LogP contribution < -0.4 is 9.47 Å². The van der Waals surface area contributed by atoms with E-state index in [0.29, 0.717) is 5.56 Å². The molecule has 1 saturated carbocycles. The number of hydrogen-bond acceptors (Lipinski definition) is 10. The summed E-state index contributed by atoms with van der Waals surface area (Å²) in [5, 5.41) is 27.9. The van der Waals surface area contributed by atoms with Gasteiger partial charge in [-0.25, -0.2) is 8.78 Å². The van der Waals surface area contributed by atoms with E-state index in [0.717, 1.165) is 5.56 Å². The molecule has 3 aliphatic carbocycles. The van der Waals surface area contributed by atoms with Gasteiger partial charge in [0, 0.05) is 17.1 Å². The quantitative estimate of drug-likeness (QED) is 0.193. The minimum absolute atomic E-state index is 0.0211. The molecule has 0 saturated heterocycles. The maximum Gasteiger partial charge on any atom is 0.265 e. The first-order valence-electron chi connectivity index (χ1n) is 15.3. The molecule has 0 spiro atoms. The van der Waals surface area contributed by atoms with Crippen LogP contribution in [0, 0.1) is 23.5 Å². The van der Waals surface area contributed by atoms with Gasteiger partial charge in [0.05, 0.1) is 17.2 Å². The lowest BCUT2D eigenvalue weighted by Gasteiger charge is -2.49. The Morgan fingerprint density at radius 1 is 0.958 bits per heavy atom. The molecule has 0 bridgehead atoms. The number of ether oxygens (including phenoxy) is 2. The van der Waals surface area contributed by atoms with Gasteiger partial charge in [0.1, 0.15) is 30.3 Å². The first-order valence-corrected chi connectivity index (χ1v) is 15.3. The lowest BCUT2D eigenvalue weighted by Crippen LogP contribution is -2.63. The van der Waals surface area contributed by atoms with Crippen molar-refractivity contribution in [2.75, 3.05) is 14.1 Å². The Morgan fingerprint density at radius 3 is 2.19 bits per heavy atom. The van der Waals surface area contributed by atoms with Crippen LogP contribution in [0.1, 0.15) is 61.2 Å². The largest absolute Gasteiger partial charge is 0.507 e. The number of ketones is 2. The molecular formula is C36H30F2N2O8. The molecule has 0 aliphatic heterocycles. The van der Waals surface area contributed by atoms with Gasteiger partial charge in [-0.1, -0.05) is 60.7 Å². The fourth-order valence-electron chi connectivity index (χ4n) is 7.30. The van der Waals surface area contributed by atoms with Crippen LogP contribution in [0.2, 0.25) is 0 Å². The highest BCUT2D eigenvalue weighted by Gasteiger charge is 2.65. The van der Waals surface area contributed by atoms with Crippen molar-refractivity contribution in [3.63, 3.8) is 0 Å². The number of carbonyl (C=O) groups is 3. The van der Waals surface area contributed by atoms with Gasteiger partial charge in [0.15, 0.2) is 29.3 Å². The number of halogens is 2. The number of fused-ring (bicyclic) bond motifs is 4. The van der Waals surface area contributed by atoms with Crippen molar-refractivity contribution < 1.29 is 47.4 Å². The van der Waals surface area contributed by atoms with Crippen molar-refractivity contribution in [3.05, 3.63) is 117 Å². The molecule has 1 aromatic heterocycles. The van der Waals surface area contributed by atoms with Crippen molar-refractivity contribution in [2.24, 2.45) is 11.8 Å². The number of Topliss-reactive ketones (excluding diaryl/α,β-unsaturated/α-hetero) is 2. The van der Waals surface area contributed by atoms with E-state index in [4.69, 9.17) is 14.0 Å². The fraction of sp³-hybridized carbons (Fsp3) is 0.278. The van der Waals surface area contributed by atoms with Gasteiger partial charge >= 0.3 is 0 Å². The minimum atomic E-state index is -2.70. The van der Waals surface area contributed by atoms with Crippen LogP contribution in [0.4, 0.5) is 8.78 Å². The van der Waals surface area contributed by atoms with Crippen molar-refractivity contribution in [3.8, 4) is 11.6 Å². The maximum atomic E-state index is 15.6. The lowest BCUT2D eigenvalue weighted by molar-refractivity contribution is -0.142. The number of nitrogens with zero attached hydrogens (tertiary/aromatic N) is 2. The Kier molecular flexibility index (Phi) is 7.72. The highest BCUT2D eigenvalue weighted by molar-refractivity contribution is 6.26. The van der Waals surface area contributed by atoms with Crippen LogP contribution >= 0.6 is 0 Å². The zero-order chi connectivity index (χ0) is 33.9. The average molecular weight is 657 g/mol. The Morgan fingerprint density at radius 2 is 1.58 bits per heavy atom. The van der Waals surface area contributed by atoms with E-state index in [2.05, 4.69) is 5.16 Å². The number of aliphatic hydroxyl groups excluding tert-OH is 1. The topological polar surface area (TPSA) is 139 Å². The zero-order valence-corrected chi connectivity index (χ0v) is 25.9. The first-order chi connectivity index (χ1) is 23.1. The minimum Gasteiger partial charge on any atom is -0.507 e. The molecule has 4 atom stereocenters. The molecule has 48 heavy (non-hydrogen) atoms. The van der Waals surface area contributed by atoms with E-state index in [9.17, 15) is 24.6 Å². The summed E-state index contributed by atoms with van der Waals surface area (Å²) in [7, 11) is 3.35. The number of benzene rings is 3. The first kappa shape index (κ1) is 31.4. The highest BCUT2D eigenvalue weighted by Crippen LogP contribution is 2.56. The van der Waals surface area contributed by atoms with E-state index < -0.39 is 63.8 Å². The number of rotatable bonds is 8. The highest BCUT2D eigenvalue weighted by atomic mass is 19.2. The summed E-state index contributed by atoms with van der Waals surface area (Å²) in [6.45, 7) is -0.149. The van der Waals surface area contributed by atoms with Crippen LogP contribution in [-0.2, 0) is 24.4 Å². The average Bonchev–Trinajstić information content (AvgIpc) is 3.50. The van der Waals surface area contributed by atoms with Crippen LogP contribution in [-0.4, -0.2) is 57.8 Å². The Bertz CT molecular complexity index is 1990. The maximum absolute atomic E-state index is 15.6. The van der Waals surface area contributed by atoms with E-state index in [1.54, 1.807) is 49.3 Å². The molecule has 246 valence electrons. The van der Waals surface area contributed by atoms with Crippen molar-refractivity contribution in [1.82, 2.24) is 10.1 Å². The summed E-state index contributed by atoms with van der Waals surface area (Å²) < 4.78 is 48.2. The molecule has 0 unspecified atom stereocenters. The van der Waals surface area contributed by atoms with Crippen molar-refractivity contribution in [2.45, 2.75) is 37.7 Å². The second kappa shape index (κ2) is 11.8. The SMILES string of the molecule is CN(C)[C@@H]1c2onc(OCc3ccccc3)c2C(=O)[C@@]2(O)C(=O)C3=C(O)c4c(c(F)c(F)c(C=O)c4OCc4ccccc4)C[C@H]3C[C@@H]12. The summed E-state index contributed by atoms with van der Waals surface area (Å²) in [5.41, 5.74) is -3.27. The second-order valence-corrected chi connectivity index (χ2v) is 12.5. The Labute approximate surface area is 273 Å². The Hall–Kier alpha value is -5.20. The van der Waals surface area contributed by atoms with Gasteiger partial charge in [0.2, 0.25) is 11.6 Å². The van der Waals surface area contributed by atoms with Gasteiger partial charge in [-0.15, -0.1) is 0 Å². The molecule has 7 rings (SSSR count). The number of aliphatic hydroxyl groups is 2. The molecule has 0 radical (unpaired) electrons. The van der Waals surface area contributed by atoms with Gasteiger partial charge in [-0.2, -0.15) is 0 Å². The molecule has 1 heterocycles. The summed E-state index contributed by atoms with van der Waals surface area (Å²) in [6, 6.07) is 16.9. The normalized spacial score (nSPS) is 22.9. The van der Waals surface area contributed by atoms with E-state index in [1.165, 1.54) is 0 Å². The summed E-state index contributed by atoms with van der Waals surface area (Å²) >= 11 is 0. The van der Waals surface area contributed by atoms with Gasteiger partial charge < -0.3 is 24.2 Å². The summed E-state index contributed by atoms with van der Waals surface area (Å²) in [4.78, 5) is 42.4. The summed E-state index contributed by atoms with van der Waals surface area (Å²) in [6.07, 6.45) is -0.293. The summed E-state index contributed by atoms with van der Waals surface area (Å²) in [5.74, 6) is -8.33. The van der Waals surface area contributed by atoms with Crippen molar-refractivity contribution in [1.29, 1.82) is 0 Å². The molecular weight excluding hydrogens is 626 g/mol. The monoisotopic (exact) mass is 656 g/mol. The molecule has 3 aliphatic rings. The van der Waals surface area contributed by atoms with E-state index in [1.807, 2.05) is 30.3 Å². The van der Waals surface area contributed by atoms with Gasteiger partial charge in [-0.3, -0.25) is 19.3 Å². The third-order valence-corrected chi connectivity index (χ3v) is 9.51. The molecule has 10 nitrogen and oxygen atoms in total. The van der Waals surface area contributed by atoms with Crippen molar-refractivity contribution >= 4 is 23.6 Å². The number of aromatic nitrogens is 1.